The molecule has 0 N–H and O–H groups in total. The van der Waals surface area contributed by atoms with E-state index in [1.165, 1.54) is 20.3 Å². The van der Waals surface area contributed by atoms with Gasteiger partial charge in [-0.2, -0.15) is 0 Å². The van der Waals surface area contributed by atoms with Crippen molar-refractivity contribution in [3.63, 3.8) is 0 Å². The molecule has 2 aromatic carbocycles. The highest BCUT2D eigenvalue weighted by Gasteiger charge is 2.27. The molecule has 0 fully saturated rings. The van der Waals surface area contributed by atoms with Gasteiger partial charge in [0.15, 0.2) is 17.3 Å². The summed E-state index contributed by atoms with van der Waals surface area (Å²) < 4.78 is 24.4. The number of Topliss-reactive ketones (excluding diaryl/α,β-unsaturated/α-hetero) is 1. The molecule has 22 heavy (non-hydrogen) atoms. The van der Waals surface area contributed by atoms with E-state index in [2.05, 4.69) is 4.99 Å². The monoisotopic (exact) mass is 299 g/mol. The van der Waals surface area contributed by atoms with Crippen LogP contribution in [0.1, 0.15) is 22.3 Å². The number of rotatable bonds is 3. The van der Waals surface area contributed by atoms with Crippen LogP contribution in [0.3, 0.4) is 0 Å². The van der Waals surface area contributed by atoms with Crippen LogP contribution in [0.5, 0.6) is 11.5 Å². The fraction of sp³-hybridized carbons (Fsp3) is 0.176. The summed E-state index contributed by atoms with van der Waals surface area (Å²) in [6.45, 7) is 0. The zero-order valence-corrected chi connectivity index (χ0v) is 12.2. The van der Waals surface area contributed by atoms with E-state index in [4.69, 9.17) is 9.47 Å². The largest absolute Gasteiger partial charge is 0.493 e. The molecule has 1 aliphatic rings. The first-order valence-corrected chi connectivity index (χ1v) is 6.76. The van der Waals surface area contributed by atoms with Crippen molar-refractivity contribution in [3.05, 3.63) is 53.3 Å². The van der Waals surface area contributed by atoms with Crippen molar-refractivity contribution in [1.82, 2.24) is 0 Å². The van der Waals surface area contributed by atoms with Crippen LogP contribution in [0.25, 0.3) is 0 Å². The molecule has 0 bridgehead atoms. The van der Waals surface area contributed by atoms with Gasteiger partial charge in [-0.05, 0) is 18.2 Å². The molecule has 0 saturated heterocycles. The molecule has 4 nitrogen and oxygen atoms in total. The van der Waals surface area contributed by atoms with Crippen LogP contribution in [-0.2, 0) is 0 Å². The van der Waals surface area contributed by atoms with Crippen LogP contribution in [-0.4, -0.2) is 25.7 Å². The number of ketones is 1. The van der Waals surface area contributed by atoms with Gasteiger partial charge in [-0.15, -0.1) is 0 Å². The van der Waals surface area contributed by atoms with Crippen molar-refractivity contribution in [1.29, 1.82) is 0 Å². The van der Waals surface area contributed by atoms with Crippen molar-refractivity contribution in [3.8, 4) is 11.5 Å². The summed E-state index contributed by atoms with van der Waals surface area (Å²) in [6.07, 6.45) is 0.0253. The number of ether oxygens (including phenoxy) is 2. The van der Waals surface area contributed by atoms with E-state index in [0.29, 0.717) is 34.0 Å². The highest BCUT2D eigenvalue weighted by atomic mass is 19.1. The Morgan fingerprint density at radius 2 is 1.86 bits per heavy atom. The summed E-state index contributed by atoms with van der Waals surface area (Å²) >= 11 is 0. The molecule has 0 aliphatic carbocycles. The number of carbonyl (C=O) groups excluding carboxylic acids is 1. The van der Waals surface area contributed by atoms with Gasteiger partial charge in [0.1, 0.15) is 5.82 Å². The van der Waals surface area contributed by atoms with Crippen molar-refractivity contribution in [2.24, 2.45) is 4.99 Å². The van der Waals surface area contributed by atoms with Gasteiger partial charge in [0.05, 0.1) is 37.6 Å². The molecule has 5 heteroatoms. The minimum absolute atomic E-state index is 0.0253. The zero-order chi connectivity index (χ0) is 15.7. The standard InChI is InChI=1S/C17H14FNO3/c1-21-15-8-7-12-16(17(15)22-2)14(20)9-13(19-12)10-5-3-4-6-11(10)18/h3-8H,9H2,1-2H3. The Morgan fingerprint density at radius 1 is 1.09 bits per heavy atom. The molecule has 0 amide bonds. The van der Waals surface area contributed by atoms with Crippen molar-refractivity contribution >= 4 is 17.2 Å². The SMILES string of the molecule is COc1ccc2c(c1OC)C(=O)CC(c1ccccc1F)=N2. The third-order valence-electron chi connectivity index (χ3n) is 3.57. The molecule has 3 rings (SSSR count). The Bertz CT molecular complexity index is 783. The van der Waals surface area contributed by atoms with E-state index in [1.54, 1.807) is 30.3 Å². The fourth-order valence-corrected chi connectivity index (χ4v) is 2.56. The maximum atomic E-state index is 13.9. The Morgan fingerprint density at radius 3 is 2.55 bits per heavy atom. The Kier molecular flexibility index (Phi) is 3.63. The fourth-order valence-electron chi connectivity index (χ4n) is 2.56. The molecule has 0 aromatic heterocycles. The molecule has 0 saturated carbocycles. The average molecular weight is 299 g/mol. The molecular weight excluding hydrogens is 285 g/mol. The predicted molar refractivity (Wildman–Crippen MR) is 81.1 cm³/mol. The third kappa shape index (κ3) is 2.24. The normalized spacial score (nSPS) is 13.4. The van der Waals surface area contributed by atoms with Crippen molar-refractivity contribution in [2.75, 3.05) is 14.2 Å². The van der Waals surface area contributed by atoms with E-state index in [9.17, 15) is 9.18 Å². The average Bonchev–Trinajstić information content (AvgIpc) is 2.54. The highest BCUT2D eigenvalue weighted by molar-refractivity contribution is 6.22. The van der Waals surface area contributed by atoms with Crippen molar-refractivity contribution in [2.45, 2.75) is 6.42 Å². The van der Waals surface area contributed by atoms with Crippen molar-refractivity contribution < 1.29 is 18.7 Å². The van der Waals surface area contributed by atoms with E-state index < -0.39 is 5.82 Å². The molecule has 1 aliphatic heterocycles. The molecule has 2 aromatic rings. The van der Waals surface area contributed by atoms with Gasteiger partial charge < -0.3 is 9.47 Å². The van der Waals surface area contributed by atoms with E-state index in [-0.39, 0.29) is 12.2 Å². The smallest absolute Gasteiger partial charge is 0.174 e. The lowest BCUT2D eigenvalue weighted by Gasteiger charge is -2.19. The second-order valence-corrected chi connectivity index (χ2v) is 4.83. The third-order valence-corrected chi connectivity index (χ3v) is 3.57. The highest BCUT2D eigenvalue weighted by Crippen LogP contribution is 2.40. The molecule has 0 spiro atoms. The van der Waals surface area contributed by atoms with Crippen LogP contribution < -0.4 is 9.47 Å². The van der Waals surface area contributed by atoms with E-state index >= 15 is 0 Å². The lowest BCUT2D eigenvalue weighted by molar-refractivity contribution is 0.0996. The van der Waals surface area contributed by atoms with Gasteiger partial charge in [-0.3, -0.25) is 9.79 Å². The first-order valence-electron chi connectivity index (χ1n) is 6.76. The molecule has 112 valence electrons. The Hall–Kier alpha value is -2.69. The first kappa shape index (κ1) is 14.3. The van der Waals surface area contributed by atoms with Gasteiger partial charge in [-0.1, -0.05) is 18.2 Å². The van der Waals surface area contributed by atoms with Crippen LogP contribution in [0.4, 0.5) is 10.1 Å². The number of benzene rings is 2. The molecule has 1 heterocycles. The number of fused-ring (bicyclic) bond motifs is 1. The minimum Gasteiger partial charge on any atom is -0.493 e. The van der Waals surface area contributed by atoms with Crippen LogP contribution in [0.15, 0.2) is 41.4 Å². The number of halogens is 1. The van der Waals surface area contributed by atoms with Gasteiger partial charge >= 0.3 is 0 Å². The maximum Gasteiger partial charge on any atom is 0.174 e. The van der Waals surface area contributed by atoms with Crippen LogP contribution >= 0.6 is 0 Å². The molecule has 0 unspecified atom stereocenters. The quantitative estimate of drug-likeness (QED) is 0.870. The van der Waals surface area contributed by atoms with Gasteiger partial charge in [0.2, 0.25) is 0 Å². The molecule has 0 atom stereocenters. The van der Waals surface area contributed by atoms with E-state index in [0.717, 1.165) is 0 Å². The topological polar surface area (TPSA) is 47.9 Å². The lowest BCUT2D eigenvalue weighted by atomic mass is 9.95. The minimum atomic E-state index is -0.391. The number of hydrogen-bond donors (Lipinski definition) is 0. The number of carbonyl (C=O) groups is 1. The molecule has 0 radical (unpaired) electrons. The number of nitrogens with zero attached hydrogens (tertiary/aromatic N) is 1. The lowest BCUT2D eigenvalue weighted by Crippen LogP contribution is -2.16. The second-order valence-electron chi connectivity index (χ2n) is 4.83. The van der Waals surface area contributed by atoms with E-state index in [1.807, 2.05) is 0 Å². The predicted octanol–water partition coefficient (Wildman–Crippen LogP) is 3.55. The van der Waals surface area contributed by atoms with Crippen LogP contribution in [0, 0.1) is 5.82 Å². The Labute approximate surface area is 127 Å². The summed E-state index contributed by atoms with van der Waals surface area (Å²) in [5.74, 6) is 0.275. The van der Waals surface area contributed by atoms with Crippen LogP contribution in [0.2, 0.25) is 0 Å². The summed E-state index contributed by atoms with van der Waals surface area (Å²) in [4.78, 5) is 16.9. The molecular formula is C17H14FNO3. The van der Waals surface area contributed by atoms with Gasteiger partial charge in [0, 0.05) is 5.56 Å². The Balaban J connectivity index is 2.17. The summed E-state index contributed by atoms with van der Waals surface area (Å²) in [7, 11) is 2.98. The maximum absolute atomic E-state index is 13.9. The summed E-state index contributed by atoms with van der Waals surface area (Å²) in [6, 6.07) is 9.65. The number of hydrogen-bond acceptors (Lipinski definition) is 4. The zero-order valence-electron chi connectivity index (χ0n) is 12.2. The summed E-state index contributed by atoms with van der Waals surface area (Å²) in [5, 5.41) is 0. The second kappa shape index (κ2) is 5.60. The number of aliphatic imine (C=N–C) groups is 1. The first-order chi connectivity index (χ1) is 10.7. The van der Waals surface area contributed by atoms with Gasteiger partial charge in [0.25, 0.3) is 0 Å². The van der Waals surface area contributed by atoms with Gasteiger partial charge in [-0.25, -0.2) is 4.39 Å². The summed E-state index contributed by atoms with van der Waals surface area (Å²) in [5.41, 5.74) is 1.60. The number of methoxy groups -OCH3 is 2.